The fraction of sp³-hybridized carbons (Fsp3) is 0.556. The Hall–Kier alpha value is -1.02. The van der Waals surface area contributed by atoms with Crippen molar-refractivity contribution in [1.29, 1.82) is 0 Å². The lowest BCUT2D eigenvalue weighted by Crippen LogP contribution is -2.24. The Morgan fingerprint density at radius 1 is 1.65 bits per heavy atom. The van der Waals surface area contributed by atoms with E-state index < -0.39 is 5.97 Å². The molecule has 0 spiro atoms. The van der Waals surface area contributed by atoms with E-state index >= 15 is 0 Å². The van der Waals surface area contributed by atoms with E-state index in [1.165, 1.54) is 4.90 Å². The van der Waals surface area contributed by atoms with E-state index in [0.717, 1.165) is 11.3 Å². The van der Waals surface area contributed by atoms with Gasteiger partial charge in [0.2, 0.25) is 16.0 Å². The van der Waals surface area contributed by atoms with E-state index in [1.807, 2.05) is 0 Å². The predicted molar refractivity (Wildman–Crippen MR) is 65.6 cm³/mol. The highest BCUT2D eigenvalue weighted by Gasteiger charge is 2.31. The van der Waals surface area contributed by atoms with Crippen molar-refractivity contribution < 1.29 is 14.3 Å². The van der Waals surface area contributed by atoms with Crippen LogP contribution in [0.3, 0.4) is 0 Å². The number of esters is 1. The van der Waals surface area contributed by atoms with Crippen LogP contribution >= 0.6 is 27.3 Å². The van der Waals surface area contributed by atoms with Crippen LogP contribution in [0, 0.1) is 0 Å². The number of ether oxygens (including phenoxy) is 1. The summed E-state index contributed by atoms with van der Waals surface area (Å²) in [4.78, 5) is 24.7. The molecule has 1 amide bonds. The molecule has 2 heterocycles. The van der Waals surface area contributed by atoms with Crippen LogP contribution in [0.2, 0.25) is 0 Å². The molecule has 6 nitrogen and oxygen atoms in total. The van der Waals surface area contributed by atoms with Gasteiger partial charge in [-0.2, -0.15) is 0 Å². The van der Waals surface area contributed by atoms with Gasteiger partial charge >= 0.3 is 5.97 Å². The molecule has 1 aromatic rings. The first-order chi connectivity index (χ1) is 8.11. The Kier molecular flexibility index (Phi) is 3.72. The molecular formula is C9H10BrN3O3S. The number of carbonyl (C=O) groups is 2. The number of hydrogen-bond donors (Lipinski definition) is 0. The molecule has 1 saturated heterocycles. The molecule has 1 fully saturated rings. The number of aromatic nitrogens is 2. The highest BCUT2D eigenvalue weighted by molar-refractivity contribution is 9.09. The smallest absolute Gasteiger partial charge is 0.369 e. The zero-order valence-corrected chi connectivity index (χ0v) is 11.5. The van der Waals surface area contributed by atoms with Crippen LogP contribution < -0.4 is 4.90 Å². The van der Waals surface area contributed by atoms with Crippen molar-refractivity contribution in [3.05, 3.63) is 5.01 Å². The average Bonchev–Trinajstić information content (AvgIpc) is 2.85. The summed E-state index contributed by atoms with van der Waals surface area (Å²) in [6.07, 6.45) is 0.439. The number of halogens is 1. The van der Waals surface area contributed by atoms with E-state index in [2.05, 4.69) is 26.1 Å². The minimum Gasteiger partial charge on any atom is -0.461 e. The second-order valence-electron chi connectivity index (χ2n) is 3.42. The van der Waals surface area contributed by atoms with Crippen molar-refractivity contribution in [3.63, 3.8) is 0 Å². The summed E-state index contributed by atoms with van der Waals surface area (Å²) in [7, 11) is 0. The van der Waals surface area contributed by atoms with Gasteiger partial charge in [0.1, 0.15) is 0 Å². The summed E-state index contributed by atoms with van der Waals surface area (Å²) in [5, 5.41) is 8.18. The third kappa shape index (κ3) is 2.63. The van der Waals surface area contributed by atoms with E-state index in [0.29, 0.717) is 24.7 Å². The number of rotatable bonds is 3. The van der Waals surface area contributed by atoms with Crippen molar-refractivity contribution in [1.82, 2.24) is 10.2 Å². The van der Waals surface area contributed by atoms with Crippen LogP contribution in [-0.2, 0) is 9.53 Å². The first-order valence-electron chi connectivity index (χ1n) is 5.07. The lowest BCUT2D eigenvalue weighted by molar-refractivity contribution is -0.117. The van der Waals surface area contributed by atoms with Gasteiger partial charge in [-0.1, -0.05) is 27.3 Å². The van der Waals surface area contributed by atoms with E-state index in [4.69, 9.17) is 4.74 Å². The van der Waals surface area contributed by atoms with Crippen molar-refractivity contribution >= 4 is 44.3 Å². The second kappa shape index (κ2) is 5.09. The summed E-state index contributed by atoms with van der Waals surface area (Å²) in [6.45, 7) is 2.56. The molecular weight excluding hydrogens is 310 g/mol. The second-order valence-corrected chi connectivity index (χ2v) is 5.67. The largest absolute Gasteiger partial charge is 0.461 e. The fourth-order valence-electron chi connectivity index (χ4n) is 1.45. The number of alkyl halides is 1. The lowest BCUT2D eigenvalue weighted by Gasteiger charge is -2.09. The Bertz CT molecular complexity index is 450. The zero-order valence-electron chi connectivity index (χ0n) is 9.05. The van der Waals surface area contributed by atoms with Gasteiger partial charge in [-0.15, -0.1) is 10.2 Å². The summed E-state index contributed by atoms with van der Waals surface area (Å²) in [5.41, 5.74) is 0. The number of carbonyl (C=O) groups excluding carboxylic acids is 2. The van der Waals surface area contributed by atoms with Crippen LogP contribution in [0.4, 0.5) is 5.13 Å². The summed E-state index contributed by atoms with van der Waals surface area (Å²) >= 11 is 4.45. The number of nitrogens with zero attached hydrogens (tertiary/aromatic N) is 3. The Morgan fingerprint density at radius 2 is 2.41 bits per heavy atom. The summed E-state index contributed by atoms with van der Waals surface area (Å²) < 4.78 is 4.81. The molecule has 0 saturated carbocycles. The number of anilines is 1. The minimum atomic E-state index is -0.502. The van der Waals surface area contributed by atoms with Crippen molar-refractivity contribution in [3.8, 4) is 0 Å². The van der Waals surface area contributed by atoms with Gasteiger partial charge in [-0.25, -0.2) is 4.79 Å². The first-order valence-corrected chi connectivity index (χ1v) is 6.80. The Balaban J connectivity index is 2.13. The van der Waals surface area contributed by atoms with Crippen LogP contribution in [0.5, 0.6) is 0 Å². The van der Waals surface area contributed by atoms with Crippen LogP contribution in [-0.4, -0.2) is 40.1 Å². The number of hydrogen-bond acceptors (Lipinski definition) is 6. The highest BCUT2D eigenvalue weighted by atomic mass is 79.9. The molecule has 0 radical (unpaired) electrons. The minimum absolute atomic E-state index is 0.0153. The molecule has 0 aliphatic carbocycles. The molecule has 0 aromatic carbocycles. The lowest BCUT2D eigenvalue weighted by atomic mass is 10.4. The Morgan fingerprint density at radius 3 is 3.00 bits per heavy atom. The third-order valence-corrected chi connectivity index (χ3v) is 3.71. The molecule has 1 aliphatic rings. The van der Waals surface area contributed by atoms with Gasteiger partial charge in [-0.05, 0) is 6.92 Å². The topological polar surface area (TPSA) is 72.4 Å². The van der Waals surface area contributed by atoms with Crippen molar-refractivity contribution in [2.45, 2.75) is 18.2 Å². The maximum absolute atomic E-state index is 11.6. The van der Waals surface area contributed by atoms with Gasteiger partial charge in [0, 0.05) is 17.8 Å². The monoisotopic (exact) mass is 319 g/mol. The SMILES string of the molecule is CCOC(=O)c1nnc(N2CC(Br)CC2=O)s1. The molecule has 17 heavy (non-hydrogen) atoms. The van der Waals surface area contributed by atoms with Gasteiger partial charge < -0.3 is 4.74 Å². The molecule has 2 rings (SSSR count). The van der Waals surface area contributed by atoms with Gasteiger partial charge in [-0.3, -0.25) is 9.69 Å². The van der Waals surface area contributed by atoms with Gasteiger partial charge in [0.15, 0.2) is 0 Å². The van der Waals surface area contributed by atoms with Gasteiger partial charge in [0.05, 0.1) is 6.61 Å². The maximum atomic E-state index is 11.6. The quantitative estimate of drug-likeness (QED) is 0.618. The molecule has 1 aromatic heterocycles. The molecule has 8 heteroatoms. The molecule has 0 N–H and O–H groups in total. The van der Waals surface area contributed by atoms with Crippen LogP contribution in [0.25, 0.3) is 0 Å². The maximum Gasteiger partial charge on any atom is 0.369 e. The third-order valence-electron chi connectivity index (χ3n) is 2.17. The molecule has 1 unspecified atom stereocenters. The normalized spacial score (nSPS) is 19.8. The highest BCUT2D eigenvalue weighted by Crippen LogP contribution is 2.27. The fourth-order valence-corrected chi connectivity index (χ4v) is 2.78. The standard InChI is InChI=1S/C9H10BrN3O3S/c1-2-16-8(15)7-11-12-9(17-7)13-4-5(10)3-6(13)14/h5H,2-4H2,1H3. The zero-order chi connectivity index (χ0) is 12.4. The van der Waals surface area contributed by atoms with Crippen LogP contribution in [0.15, 0.2) is 0 Å². The predicted octanol–water partition coefficient (Wildman–Crippen LogP) is 1.22. The summed E-state index contributed by atoms with van der Waals surface area (Å²) in [6, 6.07) is 0. The van der Waals surface area contributed by atoms with Crippen molar-refractivity contribution in [2.24, 2.45) is 0 Å². The molecule has 0 bridgehead atoms. The van der Waals surface area contributed by atoms with E-state index in [-0.39, 0.29) is 15.7 Å². The Labute approximate surface area is 110 Å². The summed E-state index contributed by atoms with van der Waals surface area (Å²) in [5.74, 6) is -0.517. The molecule has 1 aliphatic heterocycles. The van der Waals surface area contributed by atoms with E-state index in [9.17, 15) is 9.59 Å². The average molecular weight is 320 g/mol. The van der Waals surface area contributed by atoms with E-state index in [1.54, 1.807) is 6.92 Å². The molecule has 92 valence electrons. The number of amides is 1. The first kappa shape index (κ1) is 12.4. The molecule has 1 atom stereocenters. The van der Waals surface area contributed by atoms with Gasteiger partial charge in [0.25, 0.3) is 0 Å². The van der Waals surface area contributed by atoms with Crippen LogP contribution in [0.1, 0.15) is 23.1 Å². The van der Waals surface area contributed by atoms with Crippen molar-refractivity contribution in [2.75, 3.05) is 18.1 Å².